The van der Waals surface area contributed by atoms with Gasteiger partial charge in [0.1, 0.15) is 5.82 Å². The summed E-state index contributed by atoms with van der Waals surface area (Å²) in [6.07, 6.45) is -0.0104. The lowest BCUT2D eigenvalue weighted by Crippen LogP contribution is -2.08. The van der Waals surface area contributed by atoms with Crippen molar-refractivity contribution in [2.24, 2.45) is 0 Å². The first-order valence-corrected chi connectivity index (χ1v) is 6.17. The molecule has 1 rings (SSSR count). The van der Waals surface area contributed by atoms with Crippen LogP contribution in [0, 0.1) is 17.1 Å². The number of halogens is 1. The Balaban J connectivity index is 2.70. The predicted octanol–water partition coefficient (Wildman–Crippen LogP) is 1.65. The SMILES string of the molecule is N#CCCS(=O)(=O)Cc1ccc(F)cc1. The molecule has 0 heterocycles. The van der Waals surface area contributed by atoms with E-state index in [0.717, 1.165) is 0 Å². The Kier molecular flexibility index (Phi) is 3.81. The minimum Gasteiger partial charge on any atom is -0.228 e. The third-order valence-corrected chi connectivity index (χ3v) is 3.42. The van der Waals surface area contributed by atoms with Crippen LogP contribution < -0.4 is 0 Å². The van der Waals surface area contributed by atoms with Crippen LogP contribution in [0.3, 0.4) is 0 Å². The fourth-order valence-corrected chi connectivity index (χ4v) is 2.35. The van der Waals surface area contributed by atoms with Crippen LogP contribution in [0.25, 0.3) is 0 Å². The van der Waals surface area contributed by atoms with Crippen molar-refractivity contribution in [2.45, 2.75) is 12.2 Å². The Bertz CT molecular complexity index is 459. The van der Waals surface area contributed by atoms with Crippen LogP contribution in [0.15, 0.2) is 24.3 Å². The summed E-state index contributed by atoms with van der Waals surface area (Å²) in [6, 6.07) is 7.07. The molecule has 0 amide bonds. The average molecular weight is 227 g/mol. The van der Waals surface area contributed by atoms with Crippen LogP contribution in [0.4, 0.5) is 4.39 Å². The first-order chi connectivity index (χ1) is 7.03. The molecule has 5 heteroatoms. The van der Waals surface area contributed by atoms with Crippen molar-refractivity contribution in [3.8, 4) is 6.07 Å². The highest BCUT2D eigenvalue weighted by Crippen LogP contribution is 2.08. The molecule has 0 saturated carbocycles. The zero-order valence-corrected chi connectivity index (χ0v) is 8.80. The number of nitrogens with zero attached hydrogens (tertiary/aromatic N) is 1. The molecule has 80 valence electrons. The number of hydrogen-bond acceptors (Lipinski definition) is 3. The maximum Gasteiger partial charge on any atom is 0.155 e. The van der Waals surface area contributed by atoms with Crippen LogP contribution in [-0.4, -0.2) is 14.2 Å². The predicted molar refractivity (Wildman–Crippen MR) is 54.1 cm³/mol. The Morgan fingerprint density at radius 3 is 2.40 bits per heavy atom. The quantitative estimate of drug-likeness (QED) is 0.785. The van der Waals surface area contributed by atoms with E-state index in [1.165, 1.54) is 24.3 Å². The summed E-state index contributed by atoms with van der Waals surface area (Å²) in [5, 5.41) is 8.27. The van der Waals surface area contributed by atoms with E-state index in [0.29, 0.717) is 5.56 Å². The summed E-state index contributed by atoms with van der Waals surface area (Å²) in [5.74, 6) is -0.691. The van der Waals surface area contributed by atoms with Gasteiger partial charge in [0.05, 0.1) is 17.6 Å². The molecular weight excluding hydrogens is 217 g/mol. The van der Waals surface area contributed by atoms with E-state index < -0.39 is 15.7 Å². The molecule has 0 unspecified atom stereocenters. The second-order valence-electron chi connectivity index (χ2n) is 3.13. The molecular formula is C10H10FNO2S. The van der Waals surface area contributed by atoms with E-state index >= 15 is 0 Å². The third kappa shape index (κ3) is 4.09. The van der Waals surface area contributed by atoms with Crippen LogP contribution >= 0.6 is 0 Å². The van der Waals surface area contributed by atoms with Gasteiger partial charge in [0, 0.05) is 6.42 Å². The van der Waals surface area contributed by atoms with E-state index in [2.05, 4.69) is 0 Å². The number of rotatable bonds is 4. The van der Waals surface area contributed by atoms with E-state index in [1.807, 2.05) is 0 Å². The molecule has 0 atom stereocenters. The van der Waals surface area contributed by atoms with Crippen LogP contribution in [0.5, 0.6) is 0 Å². The van der Waals surface area contributed by atoms with Gasteiger partial charge < -0.3 is 0 Å². The average Bonchev–Trinajstić information content (AvgIpc) is 2.18. The van der Waals surface area contributed by atoms with Crippen molar-refractivity contribution in [3.63, 3.8) is 0 Å². The maximum absolute atomic E-state index is 12.5. The minimum atomic E-state index is -3.25. The molecule has 1 aromatic carbocycles. The van der Waals surface area contributed by atoms with Crippen molar-refractivity contribution in [2.75, 3.05) is 5.75 Å². The molecule has 0 aliphatic heterocycles. The molecule has 0 saturated heterocycles. The standard InChI is InChI=1S/C10H10FNO2S/c11-10-4-2-9(3-5-10)8-15(13,14)7-1-6-12/h2-5H,1,7-8H2. The summed E-state index contributed by atoms with van der Waals surface area (Å²) in [7, 11) is -3.25. The van der Waals surface area contributed by atoms with Gasteiger partial charge in [0.2, 0.25) is 0 Å². The first-order valence-electron chi connectivity index (χ1n) is 4.35. The molecule has 0 spiro atoms. The van der Waals surface area contributed by atoms with E-state index in [1.54, 1.807) is 6.07 Å². The number of sulfone groups is 1. The topological polar surface area (TPSA) is 57.9 Å². The van der Waals surface area contributed by atoms with Gasteiger partial charge in [0.15, 0.2) is 9.84 Å². The Morgan fingerprint density at radius 2 is 1.87 bits per heavy atom. The lowest BCUT2D eigenvalue weighted by molar-refractivity contribution is 0.594. The lowest BCUT2D eigenvalue weighted by Gasteiger charge is -2.01. The van der Waals surface area contributed by atoms with E-state index in [9.17, 15) is 12.8 Å². The number of hydrogen-bond donors (Lipinski definition) is 0. The number of benzene rings is 1. The molecule has 0 aliphatic carbocycles. The Hall–Kier alpha value is -1.41. The van der Waals surface area contributed by atoms with Crippen molar-refractivity contribution < 1.29 is 12.8 Å². The zero-order chi connectivity index (χ0) is 11.3. The zero-order valence-electron chi connectivity index (χ0n) is 7.98. The summed E-state index contributed by atoms with van der Waals surface area (Å²) in [6.45, 7) is 0. The lowest BCUT2D eigenvalue weighted by atomic mass is 10.2. The molecule has 0 fully saturated rings. The molecule has 0 aliphatic rings. The minimum absolute atomic E-state index is 0.0104. The second-order valence-corrected chi connectivity index (χ2v) is 5.31. The Labute approximate surface area is 88.1 Å². The smallest absolute Gasteiger partial charge is 0.155 e. The molecule has 15 heavy (non-hydrogen) atoms. The van der Waals surface area contributed by atoms with Crippen molar-refractivity contribution in [1.29, 1.82) is 5.26 Å². The molecule has 0 aromatic heterocycles. The van der Waals surface area contributed by atoms with Crippen molar-refractivity contribution in [3.05, 3.63) is 35.6 Å². The van der Waals surface area contributed by atoms with E-state index in [-0.39, 0.29) is 17.9 Å². The van der Waals surface area contributed by atoms with Crippen LogP contribution in [0.1, 0.15) is 12.0 Å². The second kappa shape index (κ2) is 4.89. The van der Waals surface area contributed by atoms with Gasteiger partial charge in [-0.3, -0.25) is 0 Å². The van der Waals surface area contributed by atoms with E-state index in [4.69, 9.17) is 5.26 Å². The van der Waals surface area contributed by atoms with Crippen LogP contribution in [-0.2, 0) is 15.6 Å². The molecule has 0 bridgehead atoms. The van der Waals surface area contributed by atoms with Gasteiger partial charge in [-0.15, -0.1) is 0 Å². The first kappa shape index (κ1) is 11.7. The summed E-state index contributed by atoms with van der Waals surface area (Å²) in [5.41, 5.74) is 0.536. The fourth-order valence-electron chi connectivity index (χ4n) is 1.11. The maximum atomic E-state index is 12.5. The fraction of sp³-hybridized carbons (Fsp3) is 0.300. The summed E-state index contributed by atoms with van der Waals surface area (Å²) >= 11 is 0. The van der Waals surface area contributed by atoms with Crippen molar-refractivity contribution >= 4 is 9.84 Å². The highest BCUT2D eigenvalue weighted by atomic mass is 32.2. The monoisotopic (exact) mass is 227 g/mol. The van der Waals surface area contributed by atoms with Gasteiger partial charge in [-0.25, -0.2) is 12.8 Å². The summed E-state index contributed by atoms with van der Waals surface area (Å²) < 4.78 is 35.3. The van der Waals surface area contributed by atoms with Gasteiger partial charge in [-0.05, 0) is 17.7 Å². The van der Waals surface area contributed by atoms with Crippen LogP contribution in [0.2, 0.25) is 0 Å². The molecule has 0 radical (unpaired) electrons. The summed E-state index contributed by atoms with van der Waals surface area (Å²) in [4.78, 5) is 0. The highest BCUT2D eigenvalue weighted by Gasteiger charge is 2.11. The number of nitriles is 1. The molecule has 3 nitrogen and oxygen atoms in total. The third-order valence-electron chi connectivity index (χ3n) is 1.82. The molecule has 0 N–H and O–H groups in total. The van der Waals surface area contributed by atoms with Gasteiger partial charge in [0.25, 0.3) is 0 Å². The van der Waals surface area contributed by atoms with Gasteiger partial charge in [-0.2, -0.15) is 5.26 Å². The Morgan fingerprint density at radius 1 is 1.27 bits per heavy atom. The largest absolute Gasteiger partial charge is 0.228 e. The normalized spacial score (nSPS) is 10.9. The van der Waals surface area contributed by atoms with Gasteiger partial charge in [-0.1, -0.05) is 12.1 Å². The van der Waals surface area contributed by atoms with Gasteiger partial charge >= 0.3 is 0 Å². The molecule has 1 aromatic rings. The highest BCUT2D eigenvalue weighted by molar-refractivity contribution is 7.90. The van der Waals surface area contributed by atoms with Crippen molar-refractivity contribution in [1.82, 2.24) is 0 Å².